The van der Waals surface area contributed by atoms with Crippen LogP contribution in [0.3, 0.4) is 0 Å². The van der Waals surface area contributed by atoms with Crippen LogP contribution in [0.15, 0.2) is 90.1 Å². The zero-order valence-electron chi connectivity index (χ0n) is 16.7. The molecule has 4 aromatic rings. The molecule has 0 aliphatic heterocycles. The third kappa shape index (κ3) is 4.44. The number of para-hydroxylation sites is 2. The van der Waals surface area contributed by atoms with E-state index in [2.05, 4.69) is 22.4 Å². The number of benzene rings is 3. The summed E-state index contributed by atoms with van der Waals surface area (Å²) in [5.74, 6) is 0.934. The minimum atomic E-state index is -0.0650. The average Bonchev–Trinajstić information content (AvgIpc) is 3.23. The van der Waals surface area contributed by atoms with E-state index in [1.165, 1.54) is 11.8 Å². The van der Waals surface area contributed by atoms with Crippen LogP contribution in [0.4, 0.5) is 5.69 Å². The number of hydrogen-bond donors (Lipinski definition) is 1. The van der Waals surface area contributed by atoms with Gasteiger partial charge in [0.15, 0.2) is 11.0 Å². The highest BCUT2D eigenvalue weighted by Gasteiger charge is 2.17. The van der Waals surface area contributed by atoms with Crippen molar-refractivity contribution in [2.24, 2.45) is 0 Å². The lowest BCUT2D eigenvalue weighted by atomic mass is 10.1. The molecule has 0 bridgehead atoms. The largest absolute Gasteiger partial charge is 0.325 e. The maximum absolute atomic E-state index is 12.6. The monoisotopic (exact) mass is 414 g/mol. The first kappa shape index (κ1) is 19.9. The minimum Gasteiger partial charge on any atom is -0.325 e. The molecule has 5 nitrogen and oxygen atoms in total. The van der Waals surface area contributed by atoms with E-state index < -0.39 is 0 Å². The Kier molecular flexibility index (Phi) is 6.25. The summed E-state index contributed by atoms with van der Waals surface area (Å²) < 4.78 is 1.99. The Morgan fingerprint density at radius 3 is 2.30 bits per heavy atom. The predicted octanol–water partition coefficient (Wildman–Crippen LogP) is 5.23. The summed E-state index contributed by atoms with van der Waals surface area (Å²) in [6.07, 6.45) is 0.867. The van der Waals surface area contributed by atoms with Crippen LogP contribution < -0.4 is 5.32 Å². The van der Waals surface area contributed by atoms with Gasteiger partial charge in [0.1, 0.15) is 0 Å². The fourth-order valence-electron chi connectivity index (χ4n) is 3.21. The highest BCUT2D eigenvalue weighted by atomic mass is 32.2. The summed E-state index contributed by atoms with van der Waals surface area (Å²) in [7, 11) is 0. The van der Waals surface area contributed by atoms with Gasteiger partial charge in [0.05, 0.1) is 5.75 Å². The number of aryl methyl sites for hydroxylation is 1. The minimum absolute atomic E-state index is 0.0650. The predicted molar refractivity (Wildman–Crippen MR) is 122 cm³/mol. The van der Waals surface area contributed by atoms with E-state index in [-0.39, 0.29) is 11.7 Å². The van der Waals surface area contributed by atoms with Gasteiger partial charge in [-0.1, -0.05) is 85.4 Å². The average molecular weight is 415 g/mol. The number of nitrogens with zero attached hydrogens (tertiary/aromatic N) is 3. The fraction of sp³-hybridized carbons (Fsp3) is 0.125. The fourth-order valence-corrected chi connectivity index (χ4v) is 3.97. The molecule has 30 heavy (non-hydrogen) atoms. The van der Waals surface area contributed by atoms with Crippen molar-refractivity contribution in [2.45, 2.75) is 18.5 Å². The molecule has 0 atom stereocenters. The van der Waals surface area contributed by atoms with Crippen LogP contribution >= 0.6 is 11.8 Å². The summed E-state index contributed by atoms with van der Waals surface area (Å²) in [5.41, 5.74) is 3.91. The Morgan fingerprint density at radius 2 is 1.57 bits per heavy atom. The summed E-state index contributed by atoms with van der Waals surface area (Å²) in [5, 5.41) is 12.5. The Balaban J connectivity index is 1.57. The molecule has 1 N–H and O–H groups in total. The van der Waals surface area contributed by atoms with Gasteiger partial charge in [0.25, 0.3) is 0 Å². The van der Waals surface area contributed by atoms with Gasteiger partial charge in [-0.15, -0.1) is 10.2 Å². The molecule has 0 fully saturated rings. The maximum atomic E-state index is 12.6. The van der Waals surface area contributed by atoms with Gasteiger partial charge < -0.3 is 5.32 Å². The molecule has 150 valence electrons. The van der Waals surface area contributed by atoms with Crippen molar-refractivity contribution in [3.05, 3.63) is 90.5 Å². The normalized spacial score (nSPS) is 10.7. The first-order valence-electron chi connectivity index (χ1n) is 9.83. The van der Waals surface area contributed by atoms with Crippen molar-refractivity contribution in [1.82, 2.24) is 14.8 Å². The molecular formula is C24H22N4OS. The van der Waals surface area contributed by atoms with Gasteiger partial charge in [-0.25, -0.2) is 0 Å². The molecule has 4 rings (SSSR count). The lowest BCUT2D eigenvalue weighted by Crippen LogP contribution is -2.15. The van der Waals surface area contributed by atoms with Crippen LogP contribution in [-0.4, -0.2) is 26.4 Å². The third-order valence-electron chi connectivity index (χ3n) is 4.68. The molecule has 0 radical (unpaired) electrons. The number of aromatic nitrogens is 3. The molecule has 1 amide bonds. The molecular weight excluding hydrogens is 392 g/mol. The SMILES string of the molecule is CCc1ccccc1NC(=O)CSc1nnc(-c2ccccc2)n1-c1ccccc1. The second-order valence-electron chi connectivity index (χ2n) is 6.69. The van der Waals surface area contributed by atoms with Gasteiger partial charge in [-0.2, -0.15) is 0 Å². The van der Waals surface area contributed by atoms with Crippen molar-refractivity contribution >= 4 is 23.4 Å². The van der Waals surface area contributed by atoms with Crippen molar-refractivity contribution in [2.75, 3.05) is 11.1 Å². The van der Waals surface area contributed by atoms with Crippen LogP contribution in [0.1, 0.15) is 12.5 Å². The van der Waals surface area contributed by atoms with E-state index in [0.717, 1.165) is 34.7 Å². The lowest BCUT2D eigenvalue weighted by molar-refractivity contribution is -0.113. The van der Waals surface area contributed by atoms with E-state index >= 15 is 0 Å². The van der Waals surface area contributed by atoms with E-state index in [0.29, 0.717) is 5.16 Å². The number of thioether (sulfide) groups is 1. The number of hydrogen-bond acceptors (Lipinski definition) is 4. The van der Waals surface area contributed by atoms with Crippen LogP contribution in [0.2, 0.25) is 0 Å². The van der Waals surface area contributed by atoms with E-state index in [1.54, 1.807) is 0 Å². The summed E-state index contributed by atoms with van der Waals surface area (Å²) in [6, 6.07) is 27.8. The lowest BCUT2D eigenvalue weighted by Gasteiger charge is -2.11. The molecule has 1 aromatic heterocycles. The number of anilines is 1. The Hall–Kier alpha value is -3.38. The van der Waals surface area contributed by atoms with Crippen LogP contribution in [0.25, 0.3) is 17.1 Å². The number of carbonyl (C=O) groups excluding carboxylic acids is 1. The molecule has 0 unspecified atom stereocenters. The van der Waals surface area contributed by atoms with Crippen molar-refractivity contribution in [1.29, 1.82) is 0 Å². The molecule has 3 aromatic carbocycles. The summed E-state index contributed by atoms with van der Waals surface area (Å²) in [6.45, 7) is 2.08. The molecule has 0 spiro atoms. The zero-order valence-corrected chi connectivity index (χ0v) is 17.5. The van der Waals surface area contributed by atoms with Gasteiger partial charge in [-0.05, 0) is 30.2 Å². The first-order valence-corrected chi connectivity index (χ1v) is 10.8. The van der Waals surface area contributed by atoms with Gasteiger partial charge in [0.2, 0.25) is 5.91 Å². The topological polar surface area (TPSA) is 59.8 Å². The van der Waals surface area contributed by atoms with Gasteiger partial charge >= 0.3 is 0 Å². The second-order valence-corrected chi connectivity index (χ2v) is 7.63. The highest BCUT2D eigenvalue weighted by molar-refractivity contribution is 7.99. The first-order chi connectivity index (χ1) is 14.8. The van der Waals surface area contributed by atoms with Crippen molar-refractivity contribution in [3.63, 3.8) is 0 Å². The zero-order chi connectivity index (χ0) is 20.8. The van der Waals surface area contributed by atoms with Gasteiger partial charge in [0, 0.05) is 16.9 Å². The van der Waals surface area contributed by atoms with Crippen LogP contribution in [0, 0.1) is 0 Å². The number of amides is 1. The molecule has 0 aliphatic rings. The molecule has 6 heteroatoms. The molecule has 0 saturated carbocycles. The number of carbonyl (C=O) groups is 1. The quantitative estimate of drug-likeness (QED) is 0.421. The summed E-state index contributed by atoms with van der Waals surface area (Å²) >= 11 is 1.38. The maximum Gasteiger partial charge on any atom is 0.234 e. The number of nitrogens with one attached hydrogen (secondary N) is 1. The van der Waals surface area contributed by atoms with Crippen LogP contribution in [-0.2, 0) is 11.2 Å². The second kappa shape index (κ2) is 9.41. The number of rotatable bonds is 7. The summed E-state index contributed by atoms with van der Waals surface area (Å²) in [4.78, 5) is 12.6. The van der Waals surface area contributed by atoms with Crippen molar-refractivity contribution < 1.29 is 4.79 Å². The van der Waals surface area contributed by atoms with E-state index in [4.69, 9.17) is 0 Å². The molecule has 0 aliphatic carbocycles. The Labute approximate surface area is 180 Å². The van der Waals surface area contributed by atoms with Crippen molar-refractivity contribution in [3.8, 4) is 17.1 Å². The highest BCUT2D eigenvalue weighted by Crippen LogP contribution is 2.28. The van der Waals surface area contributed by atoms with E-state index in [9.17, 15) is 4.79 Å². The smallest absolute Gasteiger partial charge is 0.234 e. The molecule has 0 saturated heterocycles. The molecule has 1 heterocycles. The van der Waals surface area contributed by atoms with Gasteiger partial charge in [-0.3, -0.25) is 9.36 Å². The van der Waals surface area contributed by atoms with E-state index in [1.807, 2.05) is 89.5 Å². The van der Waals surface area contributed by atoms with Crippen LogP contribution in [0.5, 0.6) is 0 Å². The Bertz CT molecular complexity index is 1130. The third-order valence-corrected chi connectivity index (χ3v) is 5.61. The Morgan fingerprint density at radius 1 is 0.900 bits per heavy atom. The standard InChI is InChI=1S/C24H22N4OS/c1-2-18-11-9-10-16-21(18)25-22(29)17-30-24-27-26-23(19-12-5-3-6-13-19)28(24)20-14-7-4-8-15-20/h3-16H,2,17H2,1H3,(H,25,29).